The average Bonchev–Trinajstić information content (AvgIpc) is 3.54. The summed E-state index contributed by atoms with van der Waals surface area (Å²) in [6.07, 6.45) is 4.16. The standard InChI is InChI=1S/C28H34N4O3/c1-4-27(34)31(17-24-11-8-16-35-24)19-26(33)30-28-29-25(22-9-6-5-7-10-22)18-32(28)23-14-12-21(13-15-23)20(2)3/h5-7,9-10,12-15,18,20,24H,4,8,11,16-17,19H2,1-3H3,(H,29,30,33)/t24-/m1/s1. The van der Waals surface area contributed by atoms with E-state index in [2.05, 4.69) is 31.3 Å². The molecule has 4 rings (SSSR count). The van der Waals surface area contributed by atoms with Gasteiger partial charge >= 0.3 is 0 Å². The second kappa shape index (κ2) is 11.3. The molecule has 2 amide bonds. The molecule has 3 aromatic rings. The van der Waals surface area contributed by atoms with Gasteiger partial charge in [-0.2, -0.15) is 0 Å². The van der Waals surface area contributed by atoms with Crippen LogP contribution in [-0.4, -0.2) is 52.1 Å². The maximum atomic E-state index is 13.1. The third-order valence-electron chi connectivity index (χ3n) is 6.30. The van der Waals surface area contributed by atoms with Crippen molar-refractivity contribution in [3.8, 4) is 16.9 Å². The van der Waals surface area contributed by atoms with Gasteiger partial charge in [0.1, 0.15) is 6.54 Å². The number of nitrogens with zero attached hydrogens (tertiary/aromatic N) is 3. The summed E-state index contributed by atoms with van der Waals surface area (Å²) in [4.78, 5) is 31.9. The van der Waals surface area contributed by atoms with Crippen LogP contribution in [-0.2, 0) is 14.3 Å². The van der Waals surface area contributed by atoms with Gasteiger partial charge in [-0.3, -0.25) is 19.5 Å². The first-order valence-corrected chi connectivity index (χ1v) is 12.4. The zero-order valence-corrected chi connectivity index (χ0v) is 20.7. The molecule has 0 radical (unpaired) electrons. The van der Waals surface area contributed by atoms with Crippen molar-refractivity contribution in [2.24, 2.45) is 0 Å². The lowest BCUT2D eigenvalue weighted by molar-refractivity contribution is -0.135. The average molecular weight is 475 g/mol. The van der Waals surface area contributed by atoms with Crippen LogP contribution in [0.5, 0.6) is 0 Å². The van der Waals surface area contributed by atoms with Crippen LogP contribution in [0.25, 0.3) is 16.9 Å². The maximum Gasteiger partial charge on any atom is 0.246 e. The molecule has 0 spiro atoms. The number of hydrogen-bond donors (Lipinski definition) is 1. The molecule has 1 aliphatic heterocycles. The van der Waals surface area contributed by atoms with Gasteiger partial charge in [-0.1, -0.05) is 63.2 Å². The summed E-state index contributed by atoms with van der Waals surface area (Å²) in [7, 11) is 0. The fraction of sp³-hybridized carbons (Fsp3) is 0.393. The Balaban J connectivity index is 1.58. The minimum Gasteiger partial charge on any atom is -0.376 e. The Morgan fingerprint density at radius 2 is 1.89 bits per heavy atom. The van der Waals surface area contributed by atoms with Crippen molar-refractivity contribution in [1.29, 1.82) is 0 Å². The van der Waals surface area contributed by atoms with E-state index in [0.29, 0.717) is 31.4 Å². The topological polar surface area (TPSA) is 76.5 Å². The van der Waals surface area contributed by atoms with Crippen LogP contribution < -0.4 is 5.32 Å². The van der Waals surface area contributed by atoms with E-state index in [1.807, 2.05) is 60.2 Å². The number of ether oxygens (including phenoxy) is 1. The number of benzene rings is 2. The number of anilines is 1. The third kappa shape index (κ3) is 6.17. The van der Waals surface area contributed by atoms with Crippen LogP contribution in [0, 0.1) is 0 Å². The molecule has 1 fully saturated rings. The lowest BCUT2D eigenvalue weighted by Gasteiger charge is -2.24. The van der Waals surface area contributed by atoms with E-state index < -0.39 is 0 Å². The molecule has 7 nitrogen and oxygen atoms in total. The first-order valence-electron chi connectivity index (χ1n) is 12.4. The quantitative estimate of drug-likeness (QED) is 0.473. The number of imidazole rings is 1. The number of nitrogens with one attached hydrogen (secondary N) is 1. The zero-order valence-electron chi connectivity index (χ0n) is 20.7. The third-order valence-corrected chi connectivity index (χ3v) is 6.30. The van der Waals surface area contributed by atoms with E-state index in [1.54, 1.807) is 4.90 Å². The van der Waals surface area contributed by atoms with Gasteiger partial charge in [-0.25, -0.2) is 4.98 Å². The summed E-state index contributed by atoms with van der Waals surface area (Å²) in [5.74, 6) is 0.507. The van der Waals surface area contributed by atoms with Crippen LogP contribution in [0.2, 0.25) is 0 Å². The van der Waals surface area contributed by atoms with E-state index in [4.69, 9.17) is 9.72 Å². The molecule has 1 atom stereocenters. The fourth-order valence-electron chi connectivity index (χ4n) is 4.28. The number of hydrogen-bond acceptors (Lipinski definition) is 4. The molecule has 0 saturated carbocycles. The van der Waals surface area contributed by atoms with Crippen LogP contribution in [0.1, 0.15) is 51.5 Å². The minimum atomic E-state index is -0.282. The number of carbonyl (C=O) groups excluding carboxylic acids is 2. The summed E-state index contributed by atoms with van der Waals surface area (Å²) in [5.41, 5.74) is 3.86. The molecule has 0 unspecified atom stereocenters. The first-order chi connectivity index (χ1) is 16.9. The number of carbonyl (C=O) groups is 2. The molecule has 1 aromatic heterocycles. The van der Waals surface area contributed by atoms with Crippen LogP contribution >= 0.6 is 0 Å². The van der Waals surface area contributed by atoms with E-state index in [0.717, 1.165) is 29.8 Å². The minimum absolute atomic E-state index is 0.00978. The van der Waals surface area contributed by atoms with Crippen molar-refractivity contribution in [2.45, 2.75) is 52.1 Å². The first kappa shape index (κ1) is 24.7. The highest BCUT2D eigenvalue weighted by atomic mass is 16.5. The molecular weight excluding hydrogens is 440 g/mol. The predicted octanol–water partition coefficient (Wildman–Crippen LogP) is 5.02. The largest absolute Gasteiger partial charge is 0.376 e. The van der Waals surface area contributed by atoms with Gasteiger partial charge in [-0.05, 0) is 36.5 Å². The maximum absolute atomic E-state index is 13.1. The van der Waals surface area contributed by atoms with Crippen molar-refractivity contribution in [1.82, 2.24) is 14.5 Å². The normalized spacial score (nSPS) is 15.4. The Labute approximate surface area is 207 Å². The predicted molar refractivity (Wildman–Crippen MR) is 138 cm³/mol. The van der Waals surface area contributed by atoms with Crippen molar-refractivity contribution in [3.63, 3.8) is 0 Å². The second-order valence-electron chi connectivity index (χ2n) is 9.24. The summed E-state index contributed by atoms with van der Waals surface area (Å²) >= 11 is 0. The Hall–Kier alpha value is -3.45. The highest BCUT2D eigenvalue weighted by Gasteiger charge is 2.24. The van der Waals surface area contributed by atoms with Crippen LogP contribution in [0.3, 0.4) is 0 Å². The Morgan fingerprint density at radius 1 is 1.14 bits per heavy atom. The smallest absolute Gasteiger partial charge is 0.246 e. The van der Waals surface area contributed by atoms with Gasteiger partial charge in [0.05, 0.1) is 11.8 Å². The van der Waals surface area contributed by atoms with Gasteiger partial charge in [0.2, 0.25) is 17.8 Å². The molecule has 184 valence electrons. The second-order valence-corrected chi connectivity index (χ2v) is 9.24. The van der Waals surface area contributed by atoms with Gasteiger partial charge in [0.25, 0.3) is 0 Å². The van der Waals surface area contributed by atoms with E-state index in [1.165, 1.54) is 5.56 Å². The summed E-state index contributed by atoms with van der Waals surface area (Å²) in [6.45, 7) is 7.23. The Morgan fingerprint density at radius 3 is 2.51 bits per heavy atom. The number of amides is 2. The molecule has 2 heterocycles. The zero-order chi connectivity index (χ0) is 24.8. The summed E-state index contributed by atoms with van der Waals surface area (Å²) in [6, 6.07) is 18.1. The molecule has 1 N–H and O–H groups in total. The molecule has 2 aromatic carbocycles. The molecule has 1 saturated heterocycles. The van der Waals surface area contributed by atoms with Crippen molar-refractivity contribution in [3.05, 3.63) is 66.4 Å². The van der Waals surface area contributed by atoms with Gasteiger partial charge in [-0.15, -0.1) is 0 Å². The van der Waals surface area contributed by atoms with Gasteiger partial charge < -0.3 is 9.64 Å². The van der Waals surface area contributed by atoms with Crippen molar-refractivity contribution in [2.75, 3.05) is 25.0 Å². The fourth-order valence-corrected chi connectivity index (χ4v) is 4.28. The Bertz CT molecular complexity index is 1130. The molecular formula is C28H34N4O3. The summed E-state index contributed by atoms with van der Waals surface area (Å²) < 4.78 is 7.58. The lowest BCUT2D eigenvalue weighted by Crippen LogP contribution is -2.42. The molecule has 0 aliphatic carbocycles. The van der Waals surface area contributed by atoms with Crippen LogP contribution in [0.4, 0.5) is 5.95 Å². The van der Waals surface area contributed by atoms with E-state index >= 15 is 0 Å². The van der Waals surface area contributed by atoms with Crippen molar-refractivity contribution < 1.29 is 14.3 Å². The molecule has 7 heteroatoms. The highest BCUT2D eigenvalue weighted by Crippen LogP contribution is 2.25. The van der Waals surface area contributed by atoms with Crippen molar-refractivity contribution >= 4 is 17.8 Å². The SMILES string of the molecule is CCC(=O)N(CC(=O)Nc1nc(-c2ccccc2)cn1-c1ccc(C(C)C)cc1)C[C@H]1CCCO1. The number of aromatic nitrogens is 2. The van der Waals surface area contributed by atoms with Crippen LogP contribution in [0.15, 0.2) is 60.8 Å². The van der Waals surface area contributed by atoms with Gasteiger partial charge in [0, 0.05) is 37.0 Å². The highest BCUT2D eigenvalue weighted by molar-refractivity contribution is 5.93. The molecule has 0 bridgehead atoms. The van der Waals surface area contributed by atoms with E-state index in [9.17, 15) is 9.59 Å². The lowest BCUT2D eigenvalue weighted by atomic mass is 10.0. The summed E-state index contributed by atoms with van der Waals surface area (Å²) in [5, 5.41) is 2.95. The number of rotatable bonds is 9. The van der Waals surface area contributed by atoms with E-state index in [-0.39, 0.29) is 24.5 Å². The monoisotopic (exact) mass is 474 g/mol. The van der Waals surface area contributed by atoms with Gasteiger partial charge in [0.15, 0.2) is 0 Å². The molecule has 1 aliphatic rings. The Kier molecular flexibility index (Phi) is 7.98. The molecule has 35 heavy (non-hydrogen) atoms.